The molecule has 1 unspecified atom stereocenters. The van der Waals surface area contributed by atoms with E-state index in [1.807, 2.05) is 91.0 Å². The number of nitrogens with zero attached hydrogens (tertiary/aromatic N) is 1. The quantitative estimate of drug-likeness (QED) is 0.349. The SMILES string of the molecule is O=C(NCCC1=CCCCC1)C(Cc1ccccc1)N(Cc1ccccc1)C(=O)Cc1ccccc1. The molecule has 186 valence electrons. The van der Waals surface area contributed by atoms with Crippen LogP contribution in [0.25, 0.3) is 0 Å². The van der Waals surface area contributed by atoms with E-state index in [0.717, 1.165) is 36.0 Å². The van der Waals surface area contributed by atoms with Crippen LogP contribution in [0.1, 0.15) is 48.8 Å². The maximum absolute atomic E-state index is 13.7. The van der Waals surface area contributed by atoms with Crippen LogP contribution in [0, 0.1) is 0 Å². The predicted octanol–water partition coefficient (Wildman–Crippen LogP) is 5.88. The molecule has 1 atom stereocenters. The normalized spacial score (nSPS) is 13.9. The van der Waals surface area contributed by atoms with Gasteiger partial charge in [0, 0.05) is 19.5 Å². The van der Waals surface area contributed by atoms with Crippen LogP contribution in [0.15, 0.2) is 103 Å². The molecule has 0 aliphatic heterocycles. The van der Waals surface area contributed by atoms with E-state index in [-0.39, 0.29) is 18.2 Å². The molecule has 0 saturated carbocycles. The summed E-state index contributed by atoms with van der Waals surface area (Å²) in [4.78, 5) is 29.1. The third-order valence-electron chi connectivity index (χ3n) is 6.80. The fourth-order valence-corrected chi connectivity index (χ4v) is 4.80. The number of benzene rings is 3. The molecule has 0 saturated heterocycles. The number of hydrogen-bond donors (Lipinski definition) is 1. The maximum Gasteiger partial charge on any atom is 0.243 e. The van der Waals surface area contributed by atoms with E-state index in [9.17, 15) is 9.59 Å². The van der Waals surface area contributed by atoms with Crippen molar-refractivity contribution in [3.8, 4) is 0 Å². The Balaban J connectivity index is 1.56. The minimum atomic E-state index is -0.593. The fraction of sp³-hybridized carbons (Fsp3) is 0.312. The van der Waals surface area contributed by atoms with Crippen molar-refractivity contribution >= 4 is 11.8 Å². The van der Waals surface area contributed by atoms with Crippen molar-refractivity contribution in [2.45, 2.75) is 57.5 Å². The molecule has 0 heterocycles. The van der Waals surface area contributed by atoms with Crippen molar-refractivity contribution in [1.29, 1.82) is 0 Å². The van der Waals surface area contributed by atoms with Gasteiger partial charge in [-0.1, -0.05) is 103 Å². The summed E-state index contributed by atoms with van der Waals surface area (Å²) < 4.78 is 0. The van der Waals surface area contributed by atoms with Crippen LogP contribution in [0.3, 0.4) is 0 Å². The van der Waals surface area contributed by atoms with Gasteiger partial charge >= 0.3 is 0 Å². The lowest BCUT2D eigenvalue weighted by atomic mass is 9.97. The minimum Gasteiger partial charge on any atom is -0.354 e. The molecule has 0 spiro atoms. The van der Waals surface area contributed by atoms with Crippen LogP contribution >= 0.6 is 0 Å². The molecule has 4 heteroatoms. The van der Waals surface area contributed by atoms with Crippen molar-refractivity contribution in [2.75, 3.05) is 6.54 Å². The Morgan fingerprint density at radius 2 is 1.39 bits per heavy atom. The van der Waals surface area contributed by atoms with Gasteiger partial charge in [-0.25, -0.2) is 0 Å². The zero-order valence-electron chi connectivity index (χ0n) is 20.9. The second-order valence-corrected chi connectivity index (χ2v) is 9.52. The zero-order chi connectivity index (χ0) is 25.0. The van der Waals surface area contributed by atoms with E-state index in [0.29, 0.717) is 19.5 Å². The molecule has 0 aromatic heterocycles. The largest absolute Gasteiger partial charge is 0.354 e. The second-order valence-electron chi connectivity index (χ2n) is 9.52. The van der Waals surface area contributed by atoms with Crippen LogP contribution < -0.4 is 5.32 Å². The Labute approximate surface area is 215 Å². The number of carbonyl (C=O) groups excluding carboxylic acids is 2. The molecule has 4 rings (SSSR count). The predicted molar refractivity (Wildman–Crippen MR) is 145 cm³/mol. The first kappa shape index (κ1) is 25.4. The lowest BCUT2D eigenvalue weighted by molar-refractivity contribution is -0.140. The summed E-state index contributed by atoms with van der Waals surface area (Å²) in [5, 5.41) is 3.16. The third-order valence-corrected chi connectivity index (χ3v) is 6.80. The molecule has 1 aliphatic carbocycles. The van der Waals surface area contributed by atoms with Gasteiger partial charge in [-0.2, -0.15) is 0 Å². The molecule has 0 radical (unpaired) electrons. The van der Waals surface area contributed by atoms with E-state index >= 15 is 0 Å². The summed E-state index contributed by atoms with van der Waals surface area (Å²) in [6.45, 7) is 0.991. The molecule has 4 nitrogen and oxygen atoms in total. The lowest BCUT2D eigenvalue weighted by Gasteiger charge is -2.32. The van der Waals surface area contributed by atoms with Gasteiger partial charge in [0.2, 0.25) is 11.8 Å². The van der Waals surface area contributed by atoms with Crippen molar-refractivity contribution in [3.05, 3.63) is 119 Å². The van der Waals surface area contributed by atoms with E-state index in [4.69, 9.17) is 0 Å². The molecule has 3 aromatic carbocycles. The molecule has 36 heavy (non-hydrogen) atoms. The van der Waals surface area contributed by atoms with Crippen LogP contribution in [0.4, 0.5) is 0 Å². The van der Waals surface area contributed by atoms with Gasteiger partial charge in [0.1, 0.15) is 6.04 Å². The highest BCUT2D eigenvalue weighted by Crippen LogP contribution is 2.20. The van der Waals surface area contributed by atoms with E-state index in [2.05, 4.69) is 11.4 Å². The minimum absolute atomic E-state index is 0.0453. The first-order chi connectivity index (χ1) is 17.7. The summed E-state index contributed by atoms with van der Waals surface area (Å²) in [6.07, 6.45) is 8.69. The van der Waals surface area contributed by atoms with Gasteiger partial charge < -0.3 is 10.2 Å². The first-order valence-electron chi connectivity index (χ1n) is 13.1. The highest BCUT2D eigenvalue weighted by Gasteiger charge is 2.30. The van der Waals surface area contributed by atoms with Crippen molar-refractivity contribution < 1.29 is 9.59 Å². The fourth-order valence-electron chi connectivity index (χ4n) is 4.80. The van der Waals surface area contributed by atoms with Gasteiger partial charge in [0.05, 0.1) is 6.42 Å². The van der Waals surface area contributed by atoms with Gasteiger partial charge in [-0.15, -0.1) is 0 Å². The van der Waals surface area contributed by atoms with Gasteiger partial charge in [0.25, 0.3) is 0 Å². The molecular weight excluding hydrogens is 444 g/mol. The van der Waals surface area contributed by atoms with E-state index in [1.165, 1.54) is 18.4 Å². The molecular formula is C32H36N2O2. The summed E-state index contributed by atoms with van der Waals surface area (Å²) in [5.41, 5.74) is 4.43. The molecule has 1 aliphatic rings. The standard InChI is InChI=1S/C32H36N2O2/c35-31(24-28-17-9-3-10-18-28)34(25-29-19-11-4-12-20-29)30(23-27-15-7-2-8-16-27)32(36)33-22-21-26-13-5-1-6-14-26/h2-4,7-13,15-20,30H,1,5-6,14,21-25H2,(H,33,36). The molecule has 3 aromatic rings. The Bertz CT molecular complexity index is 1130. The summed E-state index contributed by atoms with van der Waals surface area (Å²) >= 11 is 0. The average Bonchev–Trinajstić information content (AvgIpc) is 2.93. The zero-order valence-corrected chi connectivity index (χ0v) is 20.9. The Morgan fingerprint density at radius 3 is 2.00 bits per heavy atom. The second kappa shape index (κ2) is 13.4. The van der Waals surface area contributed by atoms with E-state index < -0.39 is 6.04 Å². The van der Waals surface area contributed by atoms with Crippen molar-refractivity contribution in [3.63, 3.8) is 0 Å². The van der Waals surface area contributed by atoms with Gasteiger partial charge in [0.15, 0.2) is 0 Å². The average molecular weight is 481 g/mol. The number of hydrogen-bond acceptors (Lipinski definition) is 2. The summed E-state index contributed by atoms with van der Waals surface area (Å²) in [7, 11) is 0. The first-order valence-corrected chi connectivity index (χ1v) is 13.1. The number of carbonyl (C=O) groups is 2. The van der Waals surface area contributed by atoms with E-state index in [1.54, 1.807) is 4.90 Å². The van der Waals surface area contributed by atoms with Crippen LogP contribution in [0.2, 0.25) is 0 Å². The summed E-state index contributed by atoms with van der Waals surface area (Å²) in [6, 6.07) is 29.1. The Kier molecular flexibility index (Phi) is 9.49. The van der Waals surface area contributed by atoms with Crippen LogP contribution in [-0.2, 0) is 29.0 Å². The Hall–Kier alpha value is -3.66. The van der Waals surface area contributed by atoms with Gasteiger partial charge in [-0.05, 0) is 48.8 Å². The topological polar surface area (TPSA) is 49.4 Å². The number of rotatable bonds is 11. The number of amides is 2. The monoisotopic (exact) mass is 480 g/mol. The lowest BCUT2D eigenvalue weighted by Crippen LogP contribution is -2.51. The maximum atomic E-state index is 13.7. The Morgan fingerprint density at radius 1 is 0.778 bits per heavy atom. The number of allylic oxidation sites excluding steroid dienone is 1. The molecule has 2 amide bonds. The van der Waals surface area contributed by atoms with Crippen LogP contribution in [0.5, 0.6) is 0 Å². The van der Waals surface area contributed by atoms with Crippen molar-refractivity contribution in [1.82, 2.24) is 10.2 Å². The van der Waals surface area contributed by atoms with Gasteiger partial charge in [-0.3, -0.25) is 9.59 Å². The number of nitrogens with one attached hydrogen (secondary N) is 1. The molecule has 0 bridgehead atoms. The third kappa shape index (κ3) is 7.67. The highest BCUT2D eigenvalue weighted by atomic mass is 16.2. The van der Waals surface area contributed by atoms with Crippen LogP contribution in [-0.4, -0.2) is 29.3 Å². The smallest absolute Gasteiger partial charge is 0.243 e. The van der Waals surface area contributed by atoms with Crippen molar-refractivity contribution in [2.24, 2.45) is 0 Å². The molecule has 0 fully saturated rings. The summed E-state index contributed by atoms with van der Waals surface area (Å²) in [5.74, 6) is -0.135. The molecule has 1 N–H and O–H groups in total. The highest BCUT2D eigenvalue weighted by molar-refractivity contribution is 5.88.